The quantitative estimate of drug-likeness (QED) is 0.0285. The van der Waals surface area contributed by atoms with Gasteiger partial charge in [-0.3, -0.25) is 52.7 Å². The number of nitrogens with zero attached hydrogens (tertiary/aromatic N) is 11. The summed E-state index contributed by atoms with van der Waals surface area (Å²) in [6.45, 7) is 15.6. The molecule has 146 heavy (non-hydrogen) atoms. The van der Waals surface area contributed by atoms with Crippen LogP contribution in [0, 0.1) is 13.8 Å². The number of amides is 6. The van der Waals surface area contributed by atoms with Gasteiger partial charge in [-0.1, -0.05) is 90.2 Å². The van der Waals surface area contributed by atoms with Gasteiger partial charge < -0.3 is 51.6 Å². The van der Waals surface area contributed by atoms with Crippen LogP contribution in [0.1, 0.15) is 121 Å². The number of hydrogen-bond acceptors (Lipinski definition) is 28. The standard InChI is InChI=1S/C27H23BrClFN6O3.C16H19BrClFN2O3.C16H14N4O3.C11H11BrClFN2O.C10H16FNO4.C6H5BrClN.CH4.2ClH.S5.S4.S3.S2.H2S/c1-14(37)26-19-8-16(17-10-31-15(2)32-11-17)6-7-22(19)36(34-26)13-24(38)35-12-18(30)9-23(35)27(39)33-21-5-3-4-20(28)25(21)29;1-16(2,3)24-15(23)21-8-9(19)7-12(21)14(22)20-11-6-4-5-10(17)13(11)18;1-9(21)16-13-5-11(12-6-17-10(2)18-7-12)3-4-14(13)20(19-16)8-15(22)23;12-7-2-1-3-8(10(7)13)16-11(17)9-4-6(14)5-15-9;1-10(2,3)16-9(15)12-5-6(11)4-7(12)8(13)14;7-4-2-1-3-5(9)6(4)8;;;;1-3-5-4-2;1-3-4-2;1-3-2;1-2;/h3-8,10-11,18,23H,9,12-13H2,1-2H3,(H,33,39);4-6,9,12H,7-8H2,1-3H3,(H,20,22);3-7H,8H2,1-2H3,(H,22,23);1-3,6,9,15H,4-5H2,(H,16,17);6-7H,4-5H2,1-3H3,(H,13,14);1-3H,9H2;1H4;2*1H;;;;;1H2/t18-,23+;9-,12+;;6-,9+;6-,7+;;;;;;;;;/m11.11........./s1. The third-order valence-corrected chi connectivity index (χ3v) is 31.1. The smallest absolute Gasteiger partial charge is 0.411 e. The Morgan fingerprint density at radius 1 is 0.493 bits per heavy atom. The first-order valence-corrected chi connectivity index (χ1v) is 58.9. The lowest BCUT2D eigenvalue weighted by Crippen LogP contribution is -2.45. The van der Waals surface area contributed by atoms with Crippen molar-refractivity contribution in [1.82, 2.24) is 59.5 Å². The van der Waals surface area contributed by atoms with Crippen LogP contribution >= 0.6 is 148 Å². The maximum absolute atomic E-state index is 14.5. The van der Waals surface area contributed by atoms with Gasteiger partial charge in [0.1, 0.15) is 90.1 Å². The minimum absolute atomic E-state index is 0. The van der Waals surface area contributed by atoms with Gasteiger partial charge in [-0.25, -0.2) is 51.9 Å². The molecular formula is C87H96Br4Cl6F4N16O14S15. The van der Waals surface area contributed by atoms with Gasteiger partial charge in [-0.15, -0.1) is 24.8 Å². The van der Waals surface area contributed by atoms with Crippen molar-refractivity contribution in [2.75, 3.05) is 47.9 Å². The fraction of sp³-hybridized carbons (Fsp3) is 0.356. The molecule has 14 rings (SSSR count). The number of aliphatic carboxylic acids is 2. The van der Waals surface area contributed by atoms with Crippen molar-refractivity contribution < 1.29 is 85.2 Å². The van der Waals surface area contributed by atoms with Crippen molar-refractivity contribution in [3.05, 3.63) is 195 Å². The van der Waals surface area contributed by atoms with Gasteiger partial charge in [-0.05, 0) is 203 Å². The number of anilines is 4. The fourth-order valence-corrected chi connectivity index (χ4v) is 18.1. The minimum Gasteiger partial charge on any atom is -0.480 e. The van der Waals surface area contributed by atoms with E-state index in [9.17, 15) is 65.5 Å². The van der Waals surface area contributed by atoms with Crippen molar-refractivity contribution in [1.29, 1.82) is 0 Å². The summed E-state index contributed by atoms with van der Waals surface area (Å²) in [5, 5.41) is 40.0. The number of alkyl halides is 4. The van der Waals surface area contributed by atoms with E-state index in [0.717, 1.165) is 45.4 Å². The maximum Gasteiger partial charge on any atom is 0.411 e. The zero-order valence-electron chi connectivity index (χ0n) is 77.2. The van der Waals surface area contributed by atoms with Gasteiger partial charge in [-0.2, -0.15) is 23.7 Å². The van der Waals surface area contributed by atoms with E-state index in [0.29, 0.717) is 89.7 Å². The lowest BCUT2D eigenvalue weighted by Gasteiger charge is -2.27. The van der Waals surface area contributed by atoms with E-state index >= 15 is 0 Å². The Balaban J connectivity index is 0.000000882. The summed E-state index contributed by atoms with van der Waals surface area (Å²) in [4.78, 5) is 141. The van der Waals surface area contributed by atoms with E-state index in [1.165, 1.54) is 72.5 Å². The normalized spacial score (nSPS) is 16.3. The second kappa shape index (κ2) is 68.0. The number of carbonyl (C=O) groups is 10. The average Bonchev–Trinajstić information content (AvgIpc) is 2.19. The first-order valence-electron chi connectivity index (χ1n) is 40.9. The molecule has 8 N–H and O–H groups in total. The molecule has 0 unspecified atom stereocenters. The molecule has 0 bridgehead atoms. The van der Waals surface area contributed by atoms with Crippen molar-refractivity contribution >= 4 is 395 Å². The van der Waals surface area contributed by atoms with Crippen LogP contribution in [0.15, 0.2) is 152 Å². The number of ketones is 2. The Labute approximate surface area is 969 Å². The van der Waals surface area contributed by atoms with Gasteiger partial charge in [0, 0.05) is 253 Å². The van der Waals surface area contributed by atoms with Crippen LogP contribution in [0.4, 0.5) is 49.9 Å². The largest absolute Gasteiger partial charge is 0.480 e. The van der Waals surface area contributed by atoms with Crippen LogP contribution < -0.4 is 27.0 Å². The molecule has 8 atom stereocenters. The molecule has 4 aliphatic heterocycles. The number of halogens is 14. The second-order valence-electron chi connectivity index (χ2n) is 31.8. The summed E-state index contributed by atoms with van der Waals surface area (Å²) >= 11 is 70.3. The van der Waals surface area contributed by atoms with E-state index in [-0.39, 0.29) is 140 Å². The molecule has 4 fully saturated rings. The summed E-state index contributed by atoms with van der Waals surface area (Å²) < 4.78 is 70.0. The number of likely N-dealkylation sites (tertiary alicyclic amines) is 3. The predicted molar refractivity (Wildman–Crippen MR) is 627 cm³/mol. The second-order valence-corrected chi connectivity index (χ2v) is 47.4. The Morgan fingerprint density at radius 2 is 0.829 bits per heavy atom. The molecular weight excluding hydrogens is 2580 g/mol. The summed E-state index contributed by atoms with van der Waals surface area (Å²) in [6, 6.07) is 28.0. The molecule has 4 aliphatic rings. The van der Waals surface area contributed by atoms with E-state index in [1.54, 1.807) is 159 Å². The molecule has 30 nitrogen and oxygen atoms in total. The Bertz CT molecular complexity index is 6470. The van der Waals surface area contributed by atoms with Crippen molar-refractivity contribution in [3.63, 3.8) is 0 Å². The van der Waals surface area contributed by atoms with E-state index < -0.39 is 102 Å². The number of nitrogens with one attached hydrogen (secondary N) is 4. The SMILES string of the molecule is C.CC(=O)c1nn(CC(=O)N2C[C@H](F)C[C@H]2C(=O)Nc2cccc(Br)c2Cl)c2ccc(-c3cnc(C)nc3)cc12.CC(=O)c1nn(CC(=O)O)c2ccc(-c3cnc(C)nc3)cc12.CC(C)(C)OC(=O)N1C[C@H](F)C[C@H]1C(=O)Nc1cccc(Br)c1Cl.CC(C)(C)OC(=O)N1C[C@H](F)C[C@H]1C(=O)O.Cl.Cl.Nc1cccc(Br)c1Cl.O=C(Nc1cccc(Br)c1Cl)[C@@H]1C[C@@H](F)CN1.S.S=S.S=S=S.S=S=S=S.S=S=S=S=S. The van der Waals surface area contributed by atoms with Crippen LogP contribution in [0.5, 0.6) is 0 Å². The average molecular weight is 2680 g/mol. The van der Waals surface area contributed by atoms with Crippen LogP contribution in [0.25, 0.3) is 44.1 Å². The molecule has 59 heteroatoms. The molecule has 796 valence electrons. The van der Waals surface area contributed by atoms with Gasteiger partial charge >= 0.3 is 24.1 Å². The number of aryl methyl sites for hydroxylation is 2. The molecule has 10 aromatic rings. The number of aromatic nitrogens is 8. The lowest BCUT2D eigenvalue weighted by molar-refractivity contribution is -0.142. The molecule has 0 saturated carbocycles. The number of rotatable bonds is 15. The van der Waals surface area contributed by atoms with Gasteiger partial charge in [0.25, 0.3) is 0 Å². The van der Waals surface area contributed by atoms with Gasteiger partial charge in [0.15, 0.2) is 11.6 Å². The number of benzene rings is 6. The molecule has 6 amide bonds. The Hall–Kier alpha value is -6.31. The number of carboxylic acids is 2. The first-order chi connectivity index (χ1) is 66.9. The monoisotopic (exact) mass is 2670 g/mol. The van der Waals surface area contributed by atoms with E-state index in [1.807, 2.05) is 30.3 Å². The molecule has 6 aromatic carbocycles. The highest BCUT2D eigenvalue weighted by molar-refractivity contribution is 9.11. The summed E-state index contributed by atoms with van der Waals surface area (Å²) in [7, 11) is 7.21. The van der Waals surface area contributed by atoms with Crippen molar-refractivity contribution in [2.45, 2.75) is 175 Å². The molecule has 0 radical (unpaired) electrons. The zero-order chi connectivity index (χ0) is 106. The Kier molecular flexibility index (Phi) is 64.1. The number of fused-ring (bicyclic) bond motifs is 2. The fourth-order valence-electron chi connectivity index (χ4n) is 13.2. The zero-order valence-corrected chi connectivity index (χ0v) is 101. The van der Waals surface area contributed by atoms with Crippen LogP contribution in [0.2, 0.25) is 20.1 Å². The Morgan fingerprint density at radius 3 is 1.14 bits per heavy atom. The van der Waals surface area contributed by atoms with Crippen molar-refractivity contribution in [3.8, 4) is 22.3 Å². The van der Waals surface area contributed by atoms with E-state index in [2.05, 4.69) is 205 Å². The number of ether oxygens (including phenoxy) is 2. The number of carbonyl (C=O) groups excluding carboxylic acids is 8. The number of carboxylic acid groups (broad SMARTS) is 2. The third-order valence-electron chi connectivity index (χ3n) is 19.3. The highest BCUT2D eigenvalue weighted by Crippen LogP contribution is 2.37. The lowest BCUT2D eigenvalue weighted by atomic mass is 10.0. The maximum atomic E-state index is 14.5. The molecule has 0 spiro atoms. The highest BCUT2D eigenvalue weighted by atomic mass is 79.9. The highest BCUT2D eigenvalue weighted by Gasteiger charge is 2.45. The van der Waals surface area contributed by atoms with Gasteiger partial charge in [0.05, 0.1) is 79.5 Å². The first kappa shape index (κ1) is 138. The molecule has 4 saturated heterocycles. The number of Topliss-reactive ketones (excluding diaryl/α,β-unsaturated/α-hetero) is 2. The summed E-state index contributed by atoms with van der Waals surface area (Å²) in [5.74, 6) is -3.17. The van der Waals surface area contributed by atoms with Gasteiger partial charge in [0.2, 0.25) is 23.6 Å². The van der Waals surface area contributed by atoms with Crippen LogP contribution in [0.3, 0.4) is 0 Å². The number of nitrogens with two attached hydrogens (primary N) is 1. The third kappa shape index (κ3) is 44.0. The molecule has 8 heterocycles. The summed E-state index contributed by atoms with van der Waals surface area (Å²) in [5.41, 5.74) is 10.7. The van der Waals surface area contributed by atoms with E-state index in [4.69, 9.17) is 71.8 Å². The number of nitrogen functional groups attached to an aromatic ring is 1. The topological polar surface area (TPSA) is 401 Å². The number of hydrogen-bond donors (Lipinski definition) is 7. The van der Waals surface area contributed by atoms with Crippen LogP contribution in [-0.2, 0) is 194 Å². The molecule has 0 aliphatic carbocycles. The minimum atomic E-state index is -1.36. The van der Waals surface area contributed by atoms with Crippen LogP contribution in [-0.4, -0.2) is 210 Å². The summed E-state index contributed by atoms with van der Waals surface area (Å²) in [6.07, 6.45) is 0.260. The predicted octanol–water partition coefficient (Wildman–Crippen LogP) is 19.9. The van der Waals surface area contributed by atoms with Crippen molar-refractivity contribution in [2.24, 2.45) is 0 Å². The molecule has 4 aromatic heterocycles.